The average Bonchev–Trinajstić information content (AvgIpc) is 3.87. The molecule has 7 nitrogen and oxygen atoms in total. The summed E-state index contributed by atoms with van der Waals surface area (Å²) in [7, 11) is 0. The van der Waals surface area contributed by atoms with Crippen molar-refractivity contribution in [1.29, 1.82) is 0 Å². The van der Waals surface area contributed by atoms with Crippen molar-refractivity contribution in [2.45, 2.75) is 0 Å². The van der Waals surface area contributed by atoms with E-state index in [2.05, 4.69) is 83.4 Å². The maximum Gasteiger partial charge on any atom is 0.238 e. The number of hydrogen-bond acceptors (Lipinski definition) is 6. The number of pyridine rings is 1. The van der Waals surface area contributed by atoms with E-state index in [0.717, 1.165) is 88.1 Å². The van der Waals surface area contributed by atoms with Crippen molar-refractivity contribution in [1.82, 2.24) is 24.5 Å². The number of benzene rings is 6. The molecule has 5 aromatic heterocycles. The fourth-order valence-corrected chi connectivity index (χ4v) is 7.51. The largest absolute Gasteiger partial charge is 0.456 e. The fraction of sp³-hybridized carbons (Fsp3) is 0. The first-order valence-electron chi connectivity index (χ1n) is 16.8. The molecule has 0 saturated heterocycles. The lowest BCUT2D eigenvalue weighted by atomic mass is 10.0. The zero-order valence-electron chi connectivity index (χ0n) is 27.0. The number of nitrogens with zero attached hydrogens (tertiary/aromatic N) is 5. The molecule has 0 N–H and O–H groups in total. The van der Waals surface area contributed by atoms with Gasteiger partial charge in [-0.1, -0.05) is 103 Å². The first-order chi connectivity index (χ1) is 25.3. The van der Waals surface area contributed by atoms with Gasteiger partial charge in [0.2, 0.25) is 5.95 Å². The Morgan fingerprint density at radius 2 is 1.00 bits per heavy atom. The molecule has 0 radical (unpaired) electrons. The minimum Gasteiger partial charge on any atom is -0.456 e. The number of fused-ring (bicyclic) bond motifs is 9. The van der Waals surface area contributed by atoms with Crippen molar-refractivity contribution >= 4 is 65.7 Å². The number of rotatable bonds is 4. The predicted molar refractivity (Wildman–Crippen MR) is 203 cm³/mol. The van der Waals surface area contributed by atoms with Crippen LogP contribution in [-0.2, 0) is 0 Å². The number of para-hydroxylation sites is 4. The van der Waals surface area contributed by atoms with Crippen molar-refractivity contribution in [3.8, 4) is 40.0 Å². The van der Waals surface area contributed by atoms with E-state index in [1.54, 1.807) is 6.20 Å². The lowest BCUT2D eigenvalue weighted by Gasteiger charge is -2.12. The van der Waals surface area contributed by atoms with E-state index in [1.165, 1.54) is 0 Å². The van der Waals surface area contributed by atoms with Gasteiger partial charge in [0.25, 0.3) is 0 Å². The van der Waals surface area contributed by atoms with Crippen LogP contribution in [0.4, 0.5) is 0 Å². The molecule has 0 bridgehead atoms. The zero-order chi connectivity index (χ0) is 33.5. The summed E-state index contributed by atoms with van der Waals surface area (Å²) < 4.78 is 14.6. The highest BCUT2D eigenvalue weighted by Crippen LogP contribution is 2.39. The second-order valence-corrected chi connectivity index (χ2v) is 12.6. The monoisotopic (exact) mass is 655 g/mol. The minimum absolute atomic E-state index is 0.531. The molecule has 0 aliphatic rings. The summed E-state index contributed by atoms with van der Waals surface area (Å²) in [5, 5.41) is 6.25. The maximum absolute atomic E-state index is 6.28. The van der Waals surface area contributed by atoms with Crippen molar-refractivity contribution < 1.29 is 8.83 Å². The van der Waals surface area contributed by atoms with Crippen LogP contribution in [0.25, 0.3) is 106 Å². The highest BCUT2D eigenvalue weighted by atomic mass is 16.3. The molecule has 0 aliphatic carbocycles. The number of aromatic nitrogens is 5. The van der Waals surface area contributed by atoms with E-state index in [4.69, 9.17) is 28.8 Å². The molecule has 0 atom stereocenters. The van der Waals surface area contributed by atoms with Gasteiger partial charge in [-0.3, -0.25) is 9.55 Å². The second kappa shape index (κ2) is 10.7. The Labute approximate surface area is 290 Å². The molecule has 0 saturated carbocycles. The van der Waals surface area contributed by atoms with E-state index in [-0.39, 0.29) is 0 Å². The molecule has 0 spiro atoms. The topological polar surface area (TPSA) is 82.8 Å². The molecule has 51 heavy (non-hydrogen) atoms. The standard InChI is InChI=1S/C44H25N5O2/c1-5-18-33-28(13-1)29-14-2-6-19-34(29)49(33)44-47-42(46-43(48-44)32-17-10-22-37-39(32)30-15-3-7-20-35(30)50-37)27-12-9-11-26(25-27)41-40-31-16-4-8-21-36(31)51-38(40)23-24-45-41/h1-25H. The maximum atomic E-state index is 6.28. The second-order valence-electron chi connectivity index (χ2n) is 12.6. The van der Waals surface area contributed by atoms with Crippen LogP contribution in [0, 0.1) is 0 Å². The lowest BCUT2D eigenvalue weighted by Crippen LogP contribution is -2.06. The molecule has 11 aromatic rings. The Kier molecular flexibility index (Phi) is 5.83. The molecular formula is C44H25N5O2. The molecule has 5 heterocycles. The molecule has 0 fully saturated rings. The van der Waals surface area contributed by atoms with Crippen molar-refractivity contribution in [3.05, 3.63) is 152 Å². The SMILES string of the molecule is c1cc(-c2nc(-c3cccc4oc5ccccc5c34)nc(-n3c4ccccc4c4ccccc43)n2)cc(-c2nccc3oc4ccccc4c23)c1. The molecule has 238 valence electrons. The van der Waals surface area contributed by atoms with Gasteiger partial charge in [-0.15, -0.1) is 0 Å². The van der Waals surface area contributed by atoms with E-state index in [1.807, 2.05) is 66.7 Å². The summed E-state index contributed by atoms with van der Waals surface area (Å²) in [5.41, 5.74) is 8.75. The first-order valence-corrected chi connectivity index (χ1v) is 16.8. The van der Waals surface area contributed by atoms with Gasteiger partial charge in [0.05, 0.1) is 22.1 Å². The lowest BCUT2D eigenvalue weighted by molar-refractivity contribution is 0.668. The molecular weight excluding hydrogens is 631 g/mol. The van der Waals surface area contributed by atoms with Crippen LogP contribution in [0.15, 0.2) is 161 Å². The Balaban J connectivity index is 1.19. The van der Waals surface area contributed by atoms with Crippen LogP contribution in [0.2, 0.25) is 0 Å². The third kappa shape index (κ3) is 4.18. The average molecular weight is 656 g/mol. The normalized spacial score (nSPS) is 11.9. The van der Waals surface area contributed by atoms with Gasteiger partial charge < -0.3 is 8.83 Å². The van der Waals surface area contributed by atoms with Gasteiger partial charge in [-0.05, 0) is 42.5 Å². The smallest absolute Gasteiger partial charge is 0.238 e. The van der Waals surface area contributed by atoms with E-state index in [0.29, 0.717) is 17.6 Å². The van der Waals surface area contributed by atoms with E-state index < -0.39 is 0 Å². The van der Waals surface area contributed by atoms with Gasteiger partial charge in [0.15, 0.2) is 11.6 Å². The molecule has 0 aliphatic heterocycles. The highest BCUT2D eigenvalue weighted by molar-refractivity contribution is 6.13. The molecule has 0 amide bonds. The number of hydrogen-bond donors (Lipinski definition) is 0. The molecule has 6 aromatic carbocycles. The van der Waals surface area contributed by atoms with Gasteiger partial charge in [-0.25, -0.2) is 4.98 Å². The Bertz CT molecular complexity index is 3120. The summed E-state index contributed by atoms with van der Waals surface area (Å²) in [6.45, 7) is 0. The van der Waals surface area contributed by atoms with Gasteiger partial charge in [-0.2, -0.15) is 9.97 Å². The zero-order valence-corrected chi connectivity index (χ0v) is 27.0. The summed E-state index contributed by atoms with van der Waals surface area (Å²) >= 11 is 0. The minimum atomic E-state index is 0.531. The van der Waals surface area contributed by atoms with Crippen LogP contribution in [0.3, 0.4) is 0 Å². The first kappa shape index (κ1) is 27.8. The van der Waals surface area contributed by atoms with Crippen LogP contribution < -0.4 is 0 Å². The Hall–Kier alpha value is -7.12. The third-order valence-electron chi connectivity index (χ3n) is 9.73. The van der Waals surface area contributed by atoms with Crippen LogP contribution in [0.1, 0.15) is 0 Å². The van der Waals surface area contributed by atoms with Crippen LogP contribution >= 0.6 is 0 Å². The number of furan rings is 2. The summed E-state index contributed by atoms with van der Waals surface area (Å²) in [6.07, 6.45) is 1.80. The van der Waals surface area contributed by atoms with Crippen LogP contribution in [-0.4, -0.2) is 24.5 Å². The van der Waals surface area contributed by atoms with Crippen molar-refractivity contribution in [2.75, 3.05) is 0 Å². The summed E-state index contributed by atoms with van der Waals surface area (Å²) in [6, 6.07) is 49.1. The molecule has 11 rings (SSSR count). The van der Waals surface area contributed by atoms with Crippen LogP contribution in [0.5, 0.6) is 0 Å². The highest BCUT2D eigenvalue weighted by Gasteiger charge is 2.21. The van der Waals surface area contributed by atoms with E-state index in [9.17, 15) is 0 Å². The van der Waals surface area contributed by atoms with Crippen molar-refractivity contribution in [2.24, 2.45) is 0 Å². The van der Waals surface area contributed by atoms with Gasteiger partial charge >= 0.3 is 0 Å². The molecule has 0 unspecified atom stereocenters. The fourth-order valence-electron chi connectivity index (χ4n) is 7.51. The van der Waals surface area contributed by atoms with Gasteiger partial charge in [0, 0.05) is 49.8 Å². The van der Waals surface area contributed by atoms with E-state index >= 15 is 0 Å². The molecule has 7 heteroatoms. The Morgan fingerprint density at radius 1 is 0.431 bits per heavy atom. The third-order valence-corrected chi connectivity index (χ3v) is 9.73. The van der Waals surface area contributed by atoms with Gasteiger partial charge in [0.1, 0.15) is 22.3 Å². The Morgan fingerprint density at radius 3 is 1.75 bits per heavy atom. The summed E-state index contributed by atoms with van der Waals surface area (Å²) in [5.74, 6) is 1.64. The van der Waals surface area contributed by atoms with Crippen molar-refractivity contribution in [3.63, 3.8) is 0 Å². The summed E-state index contributed by atoms with van der Waals surface area (Å²) in [4.78, 5) is 20.5. The quantitative estimate of drug-likeness (QED) is 0.188. The predicted octanol–water partition coefficient (Wildman–Crippen LogP) is 11.2.